The summed E-state index contributed by atoms with van der Waals surface area (Å²) in [7, 11) is 0. The molecule has 1 saturated heterocycles. The van der Waals surface area contributed by atoms with Crippen LogP contribution in [0.2, 0.25) is 0 Å². The number of aromatic nitrogens is 1. The summed E-state index contributed by atoms with van der Waals surface area (Å²) >= 11 is 1.29. The van der Waals surface area contributed by atoms with Gasteiger partial charge in [-0.1, -0.05) is 12.2 Å². The van der Waals surface area contributed by atoms with Gasteiger partial charge in [-0.25, -0.2) is 4.98 Å². The lowest BCUT2D eigenvalue weighted by Crippen LogP contribution is -2.39. The number of amides is 1. The zero-order valence-corrected chi connectivity index (χ0v) is 9.96. The molecule has 1 amide bonds. The highest BCUT2D eigenvalue weighted by molar-refractivity contribution is 7.13. The fraction of sp³-hybridized carbons (Fsp3) is 0.364. The second-order valence-corrected chi connectivity index (χ2v) is 5.06. The van der Waals surface area contributed by atoms with E-state index in [0.717, 1.165) is 0 Å². The molecule has 7 heteroatoms. The Morgan fingerprint density at radius 1 is 1.33 bits per heavy atom. The van der Waals surface area contributed by atoms with Crippen LogP contribution in [0, 0.1) is 11.8 Å². The van der Waals surface area contributed by atoms with Gasteiger partial charge in [0, 0.05) is 11.6 Å². The number of nitrogens with zero attached hydrogens (tertiary/aromatic N) is 1. The summed E-state index contributed by atoms with van der Waals surface area (Å²) in [6.07, 6.45) is 4.08. The van der Waals surface area contributed by atoms with E-state index in [1.165, 1.54) is 11.3 Å². The molecule has 2 N–H and O–H groups in total. The van der Waals surface area contributed by atoms with Crippen LogP contribution in [0.15, 0.2) is 23.7 Å². The number of rotatable bonds is 3. The number of thiazole rings is 1. The number of carbonyl (C=O) groups excluding carboxylic acids is 1. The van der Waals surface area contributed by atoms with Gasteiger partial charge in [0.1, 0.15) is 5.92 Å². The van der Waals surface area contributed by atoms with Crippen molar-refractivity contribution in [1.29, 1.82) is 0 Å². The Balaban J connectivity index is 1.80. The maximum atomic E-state index is 12.1. The molecule has 1 aromatic heterocycles. The number of carboxylic acids is 1. The van der Waals surface area contributed by atoms with Crippen LogP contribution in [0.3, 0.4) is 0 Å². The van der Waals surface area contributed by atoms with Crippen LogP contribution in [-0.4, -0.2) is 34.2 Å². The first-order valence-corrected chi connectivity index (χ1v) is 6.32. The van der Waals surface area contributed by atoms with Crippen molar-refractivity contribution in [1.82, 2.24) is 4.98 Å². The zero-order chi connectivity index (χ0) is 12.7. The van der Waals surface area contributed by atoms with Gasteiger partial charge in [-0.3, -0.25) is 9.59 Å². The number of aliphatic carboxylic acids is 1. The summed E-state index contributed by atoms with van der Waals surface area (Å²) < 4.78 is 5.43. The van der Waals surface area contributed by atoms with Crippen molar-refractivity contribution in [3.8, 4) is 0 Å². The number of fused-ring (bicyclic) bond motifs is 2. The second-order valence-electron chi connectivity index (χ2n) is 4.17. The van der Waals surface area contributed by atoms with Crippen LogP contribution in [0.5, 0.6) is 0 Å². The third kappa shape index (κ3) is 1.72. The van der Waals surface area contributed by atoms with Gasteiger partial charge in [0.05, 0.1) is 18.1 Å². The Morgan fingerprint density at radius 3 is 2.67 bits per heavy atom. The summed E-state index contributed by atoms with van der Waals surface area (Å²) in [6.45, 7) is 0. The summed E-state index contributed by atoms with van der Waals surface area (Å²) in [4.78, 5) is 27.2. The SMILES string of the molecule is O=C(O)[C@@H]1[C@H](C(=O)Nc2nccs2)[C@H]2C=C[C@H]1O2. The first-order chi connectivity index (χ1) is 8.66. The number of hydrogen-bond acceptors (Lipinski definition) is 5. The number of ether oxygens (including phenoxy) is 1. The van der Waals surface area contributed by atoms with Gasteiger partial charge >= 0.3 is 5.97 Å². The van der Waals surface area contributed by atoms with E-state index in [1.807, 2.05) is 0 Å². The fourth-order valence-corrected chi connectivity index (χ4v) is 2.92. The van der Waals surface area contributed by atoms with Gasteiger partial charge in [-0.05, 0) is 0 Å². The van der Waals surface area contributed by atoms with Gasteiger partial charge in [-0.2, -0.15) is 0 Å². The van der Waals surface area contributed by atoms with Gasteiger partial charge in [-0.15, -0.1) is 11.3 Å². The normalized spacial score (nSPS) is 32.7. The standard InChI is InChI=1S/C11H10N2O4S/c14-9(13-11-12-3-4-18-11)7-5-1-2-6(17-5)8(7)10(15)16/h1-8H,(H,15,16)(H,12,13,14)/t5-,6-,7-,8+/m1/s1. The highest BCUT2D eigenvalue weighted by Crippen LogP contribution is 2.39. The molecule has 0 spiro atoms. The van der Waals surface area contributed by atoms with Crippen molar-refractivity contribution in [3.05, 3.63) is 23.7 Å². The minimum Gasteiger partial charge on any atom is -0.481 e. The molecule has 3 heterocycles. The first kappa shape index (κ1) is 11.4. The molecule has 0 radical (unpaired) electrons. The fourth-order valence-electron chi connectivity index (χ4n) is 2.39. The molecule has 18 heavy (non-hydrogen) atoms. The second kappa shape index (κ2) is 4.18. The van der Waals surface area contributed by atoms with E-state index in [2.05, 4.69) is 10.3 Å². The molecular formula is C11H10N2O4S. The molecule has 0 unspecified atom stereocenters. The predicted octanol–water partition coefficient (Wildman–Crippen LogP) is 0.736. The molecule has 0 aliphatic carbocycles. The van der Waals surface area contributed by atoms with Crippen LogP contribution in [-0.2, 0) is 14.3 Å². The third-order valence-electron chi connectivity index (χ3n) is 3.15. The van der Waals surface area contributed by atoms with Crippen LogP contribution in [0.4, 0.5) is 5.13 Å². The third-order valence-corrected chi connectivity index (χ3v) is 3.84. The van der Waals surface area contributed by atoms with Crippen LogP contribution < -0.4 is 5.32 Å². The molecule has 0 saturated carbocycles. The molecule has 2 aliphatic rings. The summed E-state index contributed by atoms with van der Waals surface area (Å²) in [5.41, 5.74) is 0. The van der Waals surface area contributed by atoms with Crippen molar-refractivity contribution in [2.24, 2.45) is 11.8 Å². The Morgan fingerprint density at radius 2 is 2.06 bits per heavy atom. The molecule has 0 aromatic carbocycles. The van der Waals surface area contributed by atoms with E-state index in [4.69, 9.17) is 4.74 Å². The summed E-state index contributed by atoms with van der Waals surface area (Å²) in [5, 5.41) is 14.0. The average molecular weight is 266 g/mol. The van der Waals surface area contributed by atoms with E-state index in [1.54, 1.807) is 23.7 Å². The number of carbonyl (C=O) groups is 2. The van der Waals surface area contributed by atoms with Gasteiger partial charge in [0.25, 0.3) is 0 Å². The molecular weight excluding hydrogens is 256 g/mol. The lowest BCUT2D eigenvalue weighted by Gasteiger charge is -2.20. The monoisotopic (exact) mass is 266 g/mol. The van der Waals surface area contributed by atoms with Crippen molar-refractivity contribution < 1.29 is 19.4 Å². The topological polar surface area (TPSA) is 88.5 Å². The van der Waals surface area contributed by atoms with E-state index in [0.29, 0.717) is 5.13 Å². The molecule has 1 fully saturated rings. The first-order valence-electron chi connectivity index (χ1n) is 5.44. The van der Waals surface area contributed by atoms with Gasteiger partial charge < -0.3 is 15.2 Å². The lowest BCUT2D eigenvalue weighted by molar-refractivity contribution is -0.145. The summed E-state index contributed by atoms with van der Waals surface area (Å²) in [6, 6.07) is 0. The lowest BCUT2D eigenvalue weighted by atomic mass is 9.82. The van der Waals surface area contributed by atoms with Crippen LogP contribution in [0.25, 0.3) is 0 Å². The van der Waals surface area contributed by atoms with E-state index >= 15 is 0 Å². The maximum Gasteiger partial charge on any atom is 0.310 e. The minimum absolute atomic E-state index is 0.353. The number of hydrogen-bond donors (Lipinski definition) is 2. The molecule has 6 nitrogen and oxygen atoms in total. The number of nitrogens with one attached hydrogen (secondary N) is 1. The molecule has 2 bridgehead atoms. The van der Waals surface area contributed by atoms with Crippen molar-refractivity contribution in [2.45, 2.75) is 12.2 Å². The number of anilines is 1. The Bertz CT molecular complexity index is 513. The van der Waals surface area contributed by atoms with Gasteiger partial charge in [0.2, 0.25) is 5.91 Å². The molecule has 1 aromatic rings. The minimum atomic E-state index is -1.01. The Labute approximate surface area is 106 Å². The van der Waals surface area contributed by atoms with Crippen LogP contribution in [0.1, 0.15) is 0 Å². The zero-order valence-electron chi connectivity index (χ0n) is 9.15. The number of carboxylic acid groups (broad SMARTS) is 1. The highest BCUT2D eigenvalue weighted by atomic mass is 32.1. The van der Waals surface area contributed by atoms with E-state index < -0.39 is 30.0 Å². The summed E-state index contributed by atoms with van der Waals surface area (Å²) in [5.74, 6) is -2.87. The molecule has 3 rings (SSSR count). The van der Waals surface area contributed by atoms with Crippen molar-refractivity contribution in [2.75, 3.05) is 5.32 Å². The average Bonchev–Trinajstić information content (AvgIpc) is 3.03. The molecule has 4 atom stereocenters. The van der Waals surface area contributed by atoms with E-state index in [9.17, 15) is 14.7 Å². The highest BCUT2D eigenvalue weighted by Gasteiger charge is 2.53. The quantitative estimate of drug-likeness (QED) is 0.788. The van der Waals surface area contributed by atoms with Crippen LogP contribution >= 0.6 is 11.3 Å². The van der Waals surface area contributed by atoms with Gasteiger partial charge in [0.15, 0.2) is 5.13 Å². The predicted molar refractivity (Wildman–Crippen MR) is 63.2 cm³/mol. The Hall–Kier alpha value is -1.73. The molecule has 94 valence electrons. The maximum absolute atomic E-state index is 12.1. The Kier molecular flexibility index (Phi) is 2.64. The largest absolute Gasteiger partial charge is 0.481 e. The molecule has 2 aliphatic heterocycles. The smallest absolute Gasteiger partial charge is 0.310 e. The van der Waals surface area contributed by atoms with Crippen molar-refractivity contribution in [3.63, 3.8) is 0 Å². The van der Waals surface area contributed by atoms with E-state index in [-0.39, 0.29) is 5.91 Å². The van der Waals surface area contributed by atoms with Crippen molar-refractivity contribution >= 4 is 28.3 Å².